The normalized spacial score (nSPS) is 16.0. The number of hydrogen-bond donors (Lipinski definition) is 2. The molecule has 0 saturated heterocycles. The fourth-order valence-corrected chi connectivity index (χ4v) is 4.31. The van der Waals surface area contributed by atoms with Gasteiger partial charge in [-0.2, -0.15) is 0 Å². The third-order valence-electron chi connectivity index (χ3n) is 5.97. The molecule has 0 unspecified atom stereocenters. The van der Waals surface area contributed by atoms with Gasteiger partial charge in [-0.05, 0) is 65.3 Å². The Morgan fingerprint density at radius 1 is 1.07 bits per heavy atom. The maximum Gasteiger partial charge on any atom is 0.122 e. The summed E-state index contributed by atoms with van der Waals surface area (Å²) in [4.78, 5) is 7.47. The number of benzene rings is 3. The molecular formula is C25H25N3O. The summed E-state index contributed by atoms with van der Waals surface area (Å²) in [5.41, 5.74) is 8.60. The number of nitrogens with zero attached hydrogens (tertiary/aromatic N) is 1. The second-order valence-corrected chi connectivity index (χ2v) is 7.75. The molecule has 4 heteroatoms. The van der Waals surface area contributed by atoms with Gasteiger partial charge in [0.05, 0.1) is 24.5 Å². The summed E-state index contributed by atoms with van der Waals surface area (Å²) in [6, 6.07) is 22.1. The fraction of sp³-hybridized carbons (Fsp3) is 0.240. The number of imidazole rings is 1. The second kappa shape index (κ2) is 7.72. The molecule has 5 rings (SSSR count). The van der Waals surface area contributed by atoms with Crippen LogP contribution in [0.2, 0.25) is 0 Å². The first-order valence-electron chi connectivity index (χ1n) is 10.2. The predicted octanol–water partition coefficient (Wildman–Crippen LogP) is 4.89. The Kier molecular flexibility index (Phi) is 4.78. The van der Waals surface area contributed by atoms with Crippen molar-refractivity contribution in [3.05, 3.63) is 83.7 Å². The van der Waals surface area contributed by atoms with E-state index in [9.17, 15) is 0 Å². The van der Waals surface area contributed by atoms with Gasteiger partial charge in [-0.25, -0.2) is 4.98 Å². The number of aryl methyl sites for hydroxylation is 1. The first-order chi connectivity index (χ1) is 14.3. The van der Waals surface area contributed by atoms with Gasteiger partial charge in [0.15, 0.2) is 0 Å². The topological polar surface area (TPSA) is 49.9 Å². The van der Waals surface area contributed by atoms with Gasteiger partial charge < -0.3 is 15.0 Å². The van der Waals surface area contributed by atoms with Crippen LogP contribution in [-0.2, 0) is 19.4 Å². The van der Waals surface area contributed by atoms with E-state index in [-0.39, 0.29) is 0 Å². The lowest BCUT2D eigenvalue weighted by Crippen LogP contribution is -2.34. The zero-order valence-electron chi connectivity index (χ0n) is 16.6. The molecule has 0 radical (unpaired) electrons. The van der Waals surface area contributed by atoms with Crippen LogP contribution in [0, 0.1) is 0 Å². The number of aromatic nitrogens is 2. The van der Waals surface area contributed by atoms with E-state index in [0.717, 1.165) is 36.2 Å². The van der Waals surface area contributed by atoms with Crippen molar-refractivity contribution < 1.29 is 4.74 Å². The minimum absolute atomic E-state index is 0.487. The summed E-state index contributed by atoms with van der Waals surface area (Å²) in [5.74, 6) is 1.02. The lowest BCUT2D eigenvalue weighted by Gasteiger charge is -2.27. The maximum absolute atomic E-state index is 5.57. The molecule has 0 bridgehead atoms. The van der Waals surface area contributed by atoms with Crippen molar-refractivity contribution in [2.45, 2.75) is 31.8 Å². The largest absolute Gasteiger partial charge is 0.496 e. The summed E-state index contributed by atoms with van der Waals surface area (Å²) in [6.45, 7) is 0.884. The molecule has 0 spiro atoms. The SMILES string of the molecule is COc1cccc2c1C[C@H](NCc1ccc(-c3ccc4nc[nH]c4c3)cc1)CC2. The van der Waals surface area contributed by atoms with Crippen LogP contribution in [0.3, 0.4) is 0 Å². The fourth-order valence-electron chi connectivity index (χ4n) is 4.31. The predicted molar refractivity (Wildman–Crippen MR) is 117 cm³/mol. The molecule has 1 heterocycles. The lowest BCUT2D eigenvalue weighted by molar-refractivity contribution is 0.393. The Balaban J connectivity index is 1.25. The van der Waals surface area contributed by atoms with Crippen LogP contribution in [0.15, 0.2) is 67.0 Å². The van der Waals surface area contributed by atoms with E-state index in [0.29, 0.717) is 6.04 Å². The molecule has 0 saturated carbocycles. The maximum atomic E-state index is 5.57. The minimum Gasteiger partial charge on any atom is -0.496 e. The average Bonchev–Trinajstić information content (AvgIpc) is 3.25. The molecule has 0 aliphatic heterocycles. The van der Waals surface area contributed by atoms with Crippen LogP contribution in [0.4, 0.5) is 0 Å². The Bertz CT molecular complexity index is 1120. The van der Waals surface area contributed by atoms with E-state index >= 15 is 0 Å². The summed E-state index contributed by atoms with van der Waals surface area (Å²) in [6.07, 6.45) is 5.05. The monoisotopic (exact) mass is 383 g/mol. The molecule has 3 aromatic carbocycles. The number of nitrogens with one attached hydrogen (secondary N) is 2. The number of hydrogen-bond acceptors (Lipinski definition) is 3. The van der Waals surface area contributed by atoms with Crippen molar-refractivity contribution in [3.8, 4) is 16.9 Å². The summed E-state index contributed by atoms with van der Waals surface area (Å²) >= 11 is 0. The van der Waals surface area contributed by atoms with Crippen molar-refractivity contribution in [2.75, 3.05) is 7.11 Å². The molecule has 29 heavy (non-hydrogen) atoms. The first-order valence-corrected chi connectivity index (χ1v) is 10.2. The Labute approximate surface area is 171 Å². The highest BCUT2D eigenvalue weighted by molar-refractivity contribution is 5.81. The van der Waals surface area contributed by atoms with E-state index in [2.05, 4.69) is 75.9 Å². The molecule has 1 atom stereocenters. The molecule has 0 fully saturated rings. The molecule has 1 aliphatic rings. The van der Waals surface area contributed by atoms with Gasteiger partial charge in [0.1, 0.15) is 5.75 Å². The van der Waals surface area contributed by atoms with Gasteiger partial charge in [-0.3, -0.25) is 0 Å². The van der Waals surface area contributed by atoms with Crippen molar-refractivity contribution in [3.63, 3.8) is 0 Å². The summed E-state index contributed by atoms with van der Waals surface area (Å²) in [5, 5.41) is 3.74. The molecule has 0 amide bonds. The second-order valence-electron chi connectivity index (χ2n) is 7.75. The van der Waals surface area contributed by atoms with Crippen LogP contribution < -0.4 is 10.1 Å². The summed E-state index contributed by atoms with van der Waals surface area (Å²) in [7, 11) is 1.76. The van der Waals surface area contributed by atoms with Gasteiger partial charge in [-0.15, -0.1) is 0 Å². The van der Waals surface area contributed by atoms with Crippen molar-refractivity contribution >= 4 is 11.0 Å². The number of fused-ring (bicyclic) bond motifs is 2. The standard InChI is InChI=1S/C25H25N3O/c1-29-25-4-2-3-19-9-11-21(14-22(19)25)26-15-17-5-7-18(8-6-17)20-10-12-23-24(13-20)28-16-27-23/h2-8,10,12-13,16,21,26H,9,11,14-15H2,1H3,(H,27,28)/t21-/m1/s1. The quantitative estimate of drug-likeness (QED) is 0.516. The van der Waals surface area contributed by atoms with Crippen molar-refractivity contribution in [2.24, 2.45) is 0 Å². The van der Waals surface area contributed by atoms with Crippen LogP contribution >= 0.6 is 0 Å². The highest BCUT2D eigenvalue weighted by atomic mass is 16.5. The van der Waals surface area contributed by atoms with Crippen molar-refractivity contribution in [1.29, 1.82) is 0 Å². The first kappa shape index (κ1) is 18.0. The third-order valence-corrected chi connectivity index (χ3v) is 5.97. The van der Waals surface area contributed by atoms with E-state index in [4.69, 9.17) is 4.74 Å². The molecule has 1 aliphatic carbocycles. The lowest BCUT2D eigenvalue weighted by atomic mass is 9.87. The Hall–Kier alpha value is -3.11. The van der Waals surface area contributed by atoms with Crippen LogP contribution in [0.1, 0.15) is 23.1 Å². The Morgan fingerprint density at radius 2 is 1.93 bits per heavy atom. The molecule has 2 N–H and O–H groups in total. The number of ether oxygens (including phenoxy) is 1. The number of methoxy groups -OCH3 is 1. The number of H-pyrrole nitrogens is 1. The van der Waals surface area contributed by atoms with E-state index < -0.39 is 0 Å². The molecule has 4 aromatic rings. The third kappa shape index (κ3) is 3.64. The van der Waals surface area contributed by atoms with E-state index in [1.165, 1.54) is 34.2 Å². The van der Waals surface area contributed by atoms with Gasteiger partial charge >= 0.3 is 0 Å². The molecular weight excluding hydrogens is 358 g/mol. The average molecular weight is 383 g/mol. The molecule has 4 nitrogen and oxygen atoms in total. The van der Waals surface area contributed by atoms with Gasteiger partial charge in [0, 0.05) is 12.6 Å². The Morgan fingerprint density at radius 3 is 2.79 bits per heavy atom. The minimum atomic E-state index is 0.487. The zero-order valence-corrected chi connectivity index (χ0v) is 16.6. The molecule has 146 valence electrons. The highest BCUT2D eigenvalue weighted by Crippen LogP contribution is 2.30. The number of rotatable bonds is 5. The van der Waals surface area contributed by atoms with E-state index in [1.54, 1.807) is 13.4 Å². The van der Waals surface area contributed by atoms with Gasteiger partial charge in [0.25, 0.3) is 0 Å². The van der Waals surface area contributed by atoms with Crippen LogP contribution in [0.5, 0.6) is 5.75 Å². The zero-order chi connectivity index (χ0) is 19.6. The van der Waals surface area contributed by atoms with Gasteiger partial charge in [0.2, 0.25) is 0 Å². The van der Waals surface area contributed by atoms with Crippen LogP contribution in [-0.4, -0.2) is 23.1 Å². The smallest absolute Gasteiger partial charge is 0.122 e. The van der Waals surface area contributed by atoms with E-state index in [1.807, 2.05) is 0 Å². The highest BCUT2D eigenvalue weighted by Gasteiger charge is 2.21. The molecule has 1 aromatic heterocycles. The van der Waals surface area contributed by atoms with Gasteiger partial charge in [-0.1, -0.05) is 42.5 Å². The summed E-state index contributed by atoms with van der Waals surface area (Å²) < 4.78 is 5.57. The van der Waals surface area contributed by atoms with Crippen molar-refractivity contribution in [1.82, 2.24) is 15.3 Å². The number of aromatic amines is 1. The van der Waals surface area contributed by atoms with Crippen LogP contribution in [0.25, 0.3) is 22.2 Å².